The van der Waals surface area contributed by atoms with Crippen molar-refractivity contribution in [3.63, 3.8) is 0 Å². The van der Waals surface area contributed by atoms with Gasteiger partial charge in [0.15, 0.2) is 23.0 Å². The number of ether oxygens (including phenoxy) is 5. The van der Waals surface area contributed by atoms with E-state index in [2.05, 4.69) is 5.32 Å². The molecule has 8 nitrogen and oxygen atoms in total. The molecule has 41 heavy (non-hydrogen) atoms. The zero-order valence-corrected chi connectivity index (χ0v) is 23.9. The molecular formula is C33H36N2O6. The van der Waals surface area contributed by atoms with E-state index in [0.29, 0.717) is 60.6 Å². The highest BCUT2D eigenvalue weighted by atomic mass is 16.5. The second-order valence-corrected chi connectivity index (χ2v) is 9.25. The van der Waals surface area contributed by atoms with Gasteiger partial charge in [-0.1, -0.05) is 54.6 Å². The van der Waals surface area contributed by atoms with E-state index in [1.54, 1.807) is 33.3 Å². The van der Waals surface area contributed by atoms with Gasteiger partial charge in [-0.05, 0) is 59.5 Å². The lowest BCUT2D eigenvalue weighted by Gasteiger charge is -2.24. The molecule has 0 aliphatic carbocycles. The summed E-state index contributed by atoms with van der Waals surface area (Å²) in [5.41, 5.74) is 3.57. The van der Waals surface area contributed by atoms with Crippen LogP contribution in [0.1, 0.15) is 16.7 Å². The summed E-state index contributed by atoms with van der Waals surface area (Å²) in [7, 11) is 6.40. The van der Waals surface area contributed by atoms with Crippen LogP contribution in [0, 0.1) is 0 Å². The zero-order valence-electron chi connectivity index (χ0n) is 23.9. The number of carbonyl (C=O) groups excluding carboxylic acids is 1. The molecule has 0 unspecified atom stereocenters. The first-order valence-electron chi connectivity index (χ1n) is 13.3. The van der Waals surface area contributed by atoms with E-state index in [9.17, 15) is 4.79 Å². The van der Waals surface area contributed by atoms with Crippen LogP contribution in [0.15, 0.2) is 91.0 Å². The van der Waals surface area contributed by atoms with Gasteiger partial charge >= 0.3 is 6.03 Å². The second-order valence-electron chi connectivity index (χ2n) is 9.25. The molecule has 2 amide bonds. The predicted molar refractivity (Wildman–Crippen MR) is 159 cm³/mol. The molecule has 0 spiro atoms. The van der Waals surface area contributed by atoms with Gasteiger partial charge in [0.05, 0.1) is 34.1 Å². The van der Waals surface area contributed by atoms with Crippen LogP contribution in [0.5, 0.6) is 28.7 Å². The lowest BCUT2D eigenvalue weighted by atomic mass is 10.1. The monoisotopic (exact) mass is 556 g/mol. The van der Waals surface area contributed by atoms with Gasteiger partial charge in [-0.25, -0.2) is 4.79 Å². The number of benzene rings is 4. The van der Waals surface area contributed by atoms with E-state index >= 15 is 0 Å². The average molecular weight is 557 g/mol. The quantitative estimate of drug-likeness (QED) is 0.201. The summed E-state index contributed by atoms with van der Waals surface area (Å²) in [6, 6.07) is 28.5. The third kappa shape index (κ3) is 7.85. The molecule has 0 fully saturated rings. The van der Waals surface area contributed by atoms with Crippen molar-refractivity contribution in [2.24, 2.45) is 0 Å². The number of urea groups is 1. The van der Waals surface area contributed by atoms with Crippen molar-refractivity contribution in [1.82, 2.24) is 4.90 Å². The Labute approximate surface area is 241 Å². The smallest absolute Gasteiger partial charge is 0.322 e. The van der Waals surface area contributed by atoms with Crippen molar-refractivity contribution in [1.29, 1.82) is 0 Å². The van der Waals surface area contributed by atoms with Crippen molar-refractivity contribution in [2.45, 2.75) is 19.6 Å². The first-order chi connectivity index (χ1) is 20.0. The highest BCUT2D eigenvalue weighted by Crippen LogP contribution is 2.31. The molecule has 0 saturated carbocycles. The van der Waals surface area contributed by atoms with E-state index < -0.39 is 0 Å². The minimum absolute atomic E-state index is 0.252. The van der Waals surface area contributed by atoms with Crippen molar-refractivity contribution in [3.8, 4) is 28.7 Å². The normalized spacial score (nSPS) is 10.4. The predicted octanol–water partition coefficient (Wildman–Crippen LogP) is 6.58. The molecule has 0 aliphatic heterocycles. The van der Waals surface area contributed by atoms with E-state index in [1.807, 2.05) is 91.0 Å². The molecule has 214 valence electrons. The largest absolute Gasteiger partial charge is 0.495 e. The minimum Gasteiger partial charge on any atom is -0.495 e. The maximum Gasteiger partial charge on any atom is 0.322 e. The summed E-state index contributed by atoms with van der Waals surface area (Å²) in [6.45, 7) is 1.23. The molecule has 0 radical (unpaired) electrons. The number of nitrogens with zero attached hydrogens (tertiary/aromatic N) is 1. The standard InChI is InChI=1S/C33H36N2O6/c1-37-28-13-9-8-12-27(28)34-33(36)35(19-18-24-14-16-29(38-2)31(20-24)39-3)22-26-15-17-30(32(21-26)40-4)41-23-25-10-6-5-7-11-25/h5-17,20-21H,18-19,22-23H2,1-4H3,(H,34,36). The van der Waals surface area contributed by atoms with E-state index in [-0.39, 0.29) is 6.03 Å². The fourth-order valence-corrected chi connectivity index (χ4v) is 4.38. The van der Waals surface area contributed by atoms with E-state index in [0.717, 1.165) is 16.7 Å². The number of nitrogens with one attached hydrogen (secondary N) is 1. The Hall–Kier alpha value is -4.85. The Morgan fingerprint density at radius 2 is 1.24 bits per heavy atom. The molecule has 8 heteroatoms. The van der Waals surface area contributed by atoms with E-state index in [4.69, 9.17) is 23.7 Å². The molecule has 4 rings (SSSR count). The molecule has 4 aromatic carbocycles. The molecule has 0 heterocycles. The number of carbonyl (C=O) groups is 1. The average Bonchev–Trinajstić information content (AvgIpc) is 3.02. The molecule has 0 aromatic heterocycles. The summed E-state index contributed by atoms with van der Waals surface area (Å²) >= 11 is 0. The van der Waals surface area contributed by atoms with Crippen LogP contribution < -0.4 is 29.0 Å². The van der Waals surface area contributed by atoms with Crippen molar-refractivity contribution < 1.29 is 28.5 Å². The Morgan fingerprint density at radius 1 is 0.634 bits per heavy atom. The molecule has 1 N–H and O–H groups in total. The maximum absolute atomic E-state index is 13.6. The topological polar surface area (TPSA) is 78.5 Å². The Balaban J connectivity index is 1.53. The molecule has 0 saturated heterocycles. The van der Waals surface area contributed by atoms with Gasteiger partial charge in [0, 0.05) is 13.1 Å². The van der Waals surface area contributed by atoms with Gasteiger partial charge in [0.1, 0.15) is 12.4 Å². The molecule has 0 bridgehead atoms. The van der Waals surface area contributed by atoms with Crippen LogP contribution in [-0.2, 0) is 19.6 Å². The summed E-state index contributed by atoms with van der Waals surface area (Å²) in [5, 5.41) is 3.00. The maximum atomic E-state index is 13.6. The fourth-order valence-electron chi connectivity index (χ4n) is 4.38. The number of anilines is 1. The van der Waals surface area contributed by atoms with Crippen molar-refractivity contribution in [3.05, 3.63) is 108 Å². The van der Waals surface area contributed by atoms with Crippen molar-refractivity contribution >= 4 is 11.7 Å². The summed E-state index contributed by atoms with van der Waals surface area (Å²) in [6.07, 6.45) is 0.606. The second kappa shape index (κ2) is 14.5. The first-order valence-corrected chi connectivity index (χ1v) is 13.3. The lowest BCUT2D eigenvalue weighted by Crippen LogP contribution is -2.36. The SMILES string of the molecule is COc1ccccc1NC(=O)N(CCc1ccc(OC)c(OC)c1)Cc1ccc(OCc2ccccc2)c(OC)c1. The molecular weight excluding hydrogens is 520 g/mol. The number of amides is 2. The Morgan fingerprint density at radius 3 is 1.98 bits per heavy atom. The van der Waals surface area contributed by atoms with Gasteiger partial charge in [-0.15, -0.1) is 0 Å². The number of para-hydroxylation sites is 2. The van der Waals surface area contributed by atoms with Crippen LogP contribution in [0.4, 0.5) is 10.5 Å². The highest BCUT2D eigenvalue weighted by Gasteiger charge is 2.18. The van der Waals surface area contributed by atoms with Crippen LogP contribution >= 0.6 is 0 Å². The number of hydrogen-bond acceptors (Lipinski definition) is 6. The van der Waals surface area contributed by atoms with Crippen LogP contribution in [0.3, 0.4) is 0 Å². The fraction of sp³-hybridized carbons (Fsp3) is 0.242. The first kappa shape index (κ1) is 29.1. The van der Waals surface area contributed by atoms with Crippen LogP contribution in [0.25, 0.3) is 0 Å². The highest BCUT2D eigenvalue weighted by molar-refractivity contribution is 5.91. The number of hydrogen-bond donors (Lipinski definition) is 1. The summed E-state index contributed by atoms with van der Waals surface area (Å²) in [4.78, 5) is 15.3. The van der Waals surface area contributed by atoms with Gasteiger partial charge in [-0.2, -0.15) is 0 Å². The lowest BCUT2D eigenvalue weighted by molar-refractivity contribution is 0.209. The third-order valence-electron chi connectivity index (χ3n) is 6.59. The van der Waals surface area contributed by atoms with Gasteiger partial charge < -0.3 is 33.9 Å². The van der Waals surface area contributed by atoms with Gasteiger partial charge in [0.25, 0.3) is 0 Å². The van der Waals surface area contributed by atoms with Gasteiger partial charge in [-0.3, -0.25) is 0 Å². The number of methoxy groups -OCH3 is 4. The summed E-state index contributed by atoms with van der Waals surface area (Å²) in [5.74, 6) is 3.12. The molecule has 4 aromatic rings. The third-order valence-corrected chi connectivity index (χ3v) is 6.59. The zero-order chi connectivity index (χ0) is 29.0. The Kier molecular flexibility index (Phi) is 10.3. The molecule has 0 aliphatic rings. The van der Waals surface area contributed by atoms with Crippen LogP contribution in [0.2, 0.25) is 0 Å². The van der Waals surface area contributed by atoms with Crippen molar-refractivity contribution in [2.75, 3.05) is 40.3 Å². The molecule has 0 atom stereocenters. The van der Waals surface area contributed by atoms with Crippen LogP contribution in [-0.4, -0.2) is 45.9 Å². The van der Waals surface area contributed by atoms with E-state index in [1.165, 1.54) is 0 Å². The Bertz CT molecular complexity index is 1430. The summed E-state index contributed by atoms with van der Waals surface area (Å²) < 4.78 is 27.9. The number of rotatable bonds is 13. The van der Waals surface area contributed by atoms with Gasteiger partial charge in [0.2, 0.25) is 0 Å². The minimum atomic E-state index is -0.252.